The maximum atomic E-state index is 13.0. The Labute approximate surface area is 151 Å². The molecule has 2 aromatic carbocycles. The Kier molecular flexibility index (Phi) is 5.96. The molecule has 3 rings (SSSR count). The normalized spacial score (nSPS) is 10.6. The first-order valence-electron chi connectivity index (χ1n) is 8.40. The molecule has 1 aromatic heterocycles. The predicted octanol–water partition coefficient (Wildman–Crippen LogP) is 5.31. The molecule has 0 fully saturated rings. The van der Waals surface area contributed by atoms with Crippen LogP contribution in [0.25, 0.3) is 10.4 Å². The van der Waals surface area contributed by atoms with Gasteiger partial charge in [-0.05, 0) is 54.7 Å². The highest BCUT2D eigenvalue weighted by atomic mass is 32.1. The number of halogens is 1. The van der Waals surface area contributed by atoms with Crippen LogP contribution in [0.1, 0.15) is 28.1 Å². The van der Waals surface area contributed by atoms with Gasteiger partial charge in [-0.3, -0.25) is 4.79 Å². The minimum absolute atomic E-state index is 0.0435. The minimum Gasteiger partial charge on any atom is -0.351 e. The van der Waals surface area contributed by atoms with Crippen LogP contribution in [-0.2, 0) is 6.42 Å². The second kappa shape index (κ2) is 8.58. The molecule has 3 aromatic rings. The number of benzene rings is 2. The molecule has 0 radical (unpaired) electrons. The van der Waals surface area contributed by atoms with Crippen molar-refractivity contribution in [3.05, 3.63) is 83.0 Å². The largest absolute Gasteiger partial charge is 0.351 e. The molecule has 2 nitrogen and oxygen atoms in total. The van der Waals surface area contributed by atoms with Crippen LogP contribution in [0.3, 0.4) is 0 Å². The summed E-state index contributed by atoms with van der Waals surface area (Å²) in [6, 6.07) is 20.4. The number of rotatable bonds is 7. The molecule has 0 aliphatic rings. The average Bonchev–Trinajstić information content (AvgIpc) is 3.13. The van der Waals surface area contributed by atoms with Crippen molar-refractivity contribution in [1.82, 2.24) is 5.32 Å². The van der Waals surface area contributed by atoms with E-state index in [-0.39, 0.29) is 11.7 Å². The third-order valence-electron chi connectivity index (χ3n) is 3.98. The van der Waals surface area contributed by atoms with Gasteiger partial charge in [-0.25, -0.2) is 4.39 Å². The van der Waals surface area contributed by atoms with Gasteiger partial charge in [0, 0.05) is 11.4 Å². The molecule has 1 amide bonds. The minimum atomic E-state index is -0.256. The highest BCUT2D eigenvalue weighted by molar-refractivity contribution is 7.17. The second-order valence-corrected chi connectivity index (χ2v) is 6.95. The van der Waals surface area contributed by atoms with Gasteiger partial charge in [0.25, 0.3) is 5.91 Å². The van der Waals surface area contributed by atoms with Crippen molar-refractivity contribution in [2.45, 2.75) is 19.3 Å². The first-order valence-corrected chi connectivity index (χ1v) is 9.22. The first kappa shape index (κ1) is 17.4. The summed E-state index contributed by atoms with van der Waals surface area (Å²) in [5, 5.41) is 2.97. The zero-order chi connectivity index (χ0) is 17.5. The lowest BCUT2D eigenvalue weighted by Crippen LogP contribution is -2.23. The van der Waals surface area contributed by atoms with E-state index in [9.17, 15) is 9.18 Å². The summed E-state index contributed by atoms with van der Waals surface area (Å²) < 4.78 is 13.0. The third-order valence-corrected chi connectivity index (χ3v) is 5.11. The fourth-order valence-electron chi connectivity index (χ4n) is 2.62. The Morgan fingerprint density at radius 1 is 0.920 bits per heavy atom. The van der Waals surface area contributed by atoms with Crippen LogP contribution in [0, 0.1) is 5.82 Å². The molecule has 0 atom stereocenters. The molecule has 128 valence electrons. The summed E-state index contributed by atoms with van der Waals surface area (Å²) in [7, 11) is 0. The summed E-state index contributed by atoms with van der Waals surface area (Å²) in [6.45, 7) is 0.676. The predicted molar refractivity (Wildman–Crippen MR) is 101 cm³/mol. The maximum absolute atomic E-state index is 13.0. The fraction of sp³-hybridized carbons (Fsp3) is 0.190. The van der Waals surface area contributed by atoms with E-state index in [1.54, 1.807) is 12.1 Å². The van der Waals surface area contributed by atoms with Gasteiger partial charge in [0.15, 0.2) is 0 Å². The number of carbonyl (C=O) groups is 1. The van der Waals surface area contributed by atoms with Gasteiger partial charge in [-0.2, -0.15) is 0 Å². The number of thiophene rings is 1. The maximum Gasteiger partial charge on any atom is 0.261 e. The summed E-state index contributed by atoms with van der Waals surface area (Å²) in [6.07, 6.45) is 3.04. The second-order valence-electron chi connectivity index (χ2n) is 5.87. The smallest absolute Gasteiger partial charge is 0.261 e. The van der Waals surface area contributed by atoms with Crippen molar-refractivity contribution >= 4 is 17.2 Å². The van der Waals surface area contributed by atoms with Gasteiger partial charge < -0.3 is 5.32 Å². The van der Waals surface area contributed by atoms with E-state index in [4.69, 9.17) is 0 Å². The topological polar surface area (TPSA) is 29.1 Å². The van der Waals surface area contributed by atoms with Crippen LogP contribution < -0.4 is 5.32 Å². The van der Waals surface area contributed by atoms with Crippen LogP contribution in [0.15, 0.2) is 66.7 Å². The Bertz CT molecular complexity index is 811. The Morgan fingerprint density at radius 2 is 1.68 bits per heavy atom. The van der Waals surface area contributed by atoms with E-state index < -0.39 is 0 Å². The molecule has 1 N–H and O–H groups in total. The highest BCUT2D eigenvalue weighted by Crippen LogP contribution is 2.28. The highest BCUT2D eigenvalue weighted by Gasteiger charge is 2.09. The summed E-state index contributed by atoms with van der Waals surface area (Å²) >= 11 is 1.43. The zero-order valence-corrected chi connectivity index (χ0v) is 14.7. The molecule has 0 aliphatic carbocycles. The number of aryl methyl sites for hydroxylation is 1. The lowest BCUT2D eigenvalue weighted by molar-refractivity contribution is 0.0957. The van der Waals surface area contributed by atoms with E-state index >= 15 is 0 Å². The standard InChI is InChI=1S/C21H20FNOS/c22-18-11-9-17(10-12-18)19-13-14-20(25-19)21(24)23-15-5-4-8-16-6-2-1-3-7-16/h1-3,6-7,9-14H,4-5,8,15H2,(H,23,24). The Morgan fingerprint density at radius 3 is 2.44 bits per heavy atom. The van der Waals surface area contributed by atoms with Crippen LogP contribution >= 0.6 is 11.3 Å². The molecule has 1 heterocycles. The molecule has 25 heavy (non-hydrogen) atoms. The summed E-state index contributed by atoms with van der Waals surface area (Å²) in [5.74, 6) is -0.299. The lowest BCUT2D eigenvalue weighted by Gasteiger charge is -2.04. The summed E-state index contributed by atoms with van der Waals surface area (Å²) in [4.78, 5) is 13.9. The lowest BCUT2D eigenvalue weighted by atomic mass is 10.1. The Hall–Kier alpha value is -2.46. The van der Waals surface area contributed by atoms with Gasteiger partial charge in [0.2, 0.25) is 0 Å². The number of unbranched alkanes of at least 4 members (excludes halogenated alkanes) is 1. The number of hydrogen-bond donors (Lipinski definition) is 1. The van der Waals surface area contributed by atoms with Crippen LogP contribution in [-0.4, -0.2) is 12.5 Å². The molecule has 0 saturated heterocycles. The van der Waals surface area contributed by atoms with E-state index in [1.807, 2.05) is 30.3 Å². The van der Waals surface area contributed by atoms with E-state index in [1.165, 1.54) is 29.0 Å². The molecular formula is C21H20FNOS. The molecule has 0 spiro atoms. The van der Waals surface area contributed by atoms with E-state index in [0.717, 1.165) is 29.7 Å². The Balaban J connectivity index is 1.45. The molecule has 0 bridgehead atoms. The third kappa shape index (κ3) is 5.00. The fourth-order valence-corrected chi connectivity index (χ4v) is 3.54. The van der Waals surface area contributed by atoms with Crippen molar-refractivity contribution in [3.8, 4) is 10.4 Å². The zero-order valence-electron chi connectivity index (χ0n) is 13.9. The van der Waals surface area contributed by atoms with Gasteiger partial charge in [0.05, 0.1) is 4.88 Å². The van der Waals surface area contributed by atoms with Gasteiger partial charge in [-0.1, -0.05) is 42.5 Å². The van der Waals surface area contributed by atoms with Crippen LogP contribution in [0.2, 0.25) is 0 Å². The molecule has 0 aliphatic heterocycles. The molecular weight excluding hydrogens is 333 g/mol. The van der Waals surface area contributed by atoms with Crippen molar-refractivity contribution in [1.29, 1.82) is 0 Å². The van der Waals surface area contributed by atoms with E-state index in [0.29, 0.717) is 11.4 Å². The number of hydrogen-bond acceptors (Lipinski definition) is 2. The van der Waals surface area contributed by atoms with Crippen LogP contribution in [0.5, 0.6) is 0 Å². The van der Waals surface area contributed by atoms with Crippen LogP contribution in [0.4, 0.5) is 4.39 Å². The van der Waals surface area contributed by atoms with Crippen molar-refractivity contribution in [2.24, 2.45) is 0 Å². The molecule has 0 saturated carbocycles. The van der Waals surface area contributed by atoms with Crippen molar-refractivity contribution in [2.75, 3.05) is 6.54 Å². The average molecular weight is 353 g/mol. The van der Waals surface area contributed by atoms with Gasteiger partial charge in [-0.15, -0.1) is 11.3 Å². The monoisotopic (exact) mass is 353 g/mol. The van der Waals surface area contributed by atoms with Crippen molar-refractivity contribution < 1.29 is 9.18 Å². The van der Waals surface area contributed by atoms with Gasteiger partial charge >= 0.3 is 0 Å². The van der Waals surface area contributed by atoms with Crippen molar-refractivity contribution in [3.63, 3.8) is 0 Å². The molecule has 4 heteroatoms. The number of amides is 1. The quantitative estimate of drug-likeness (QED) is 0.573. The summed E-state index contributed by atoms with van der Waals surface area (Å²) in [5.41, 5.74) is 2.25. The SMILES string of the molecule is O=C(NCCCCc1ccccc1)c1ccc(-c2ccc(F)cc2)s1. The number of carbonyl (C=O) groups excluding carboxylic acids is 1. The van der Waals surface area contributed by atoms with E-state index in [2.05, 4.69) is 17.4 Å². The number of nitrogens with one attached hydrogen (secondary N) is 1. The molecule has 0 unspecified atom stereocenters. The first-order chi connectivity index (χ1) is 12.2. The van der Waals surface area contributed by atoms with Gasteiger partial charge in [0.1, 0.15) is 5.82 Å².